The van der Waals surface area contributed by atoms with Gasteiger partial charge in [-0.05, 0) is 23.8 Å². The number of aromatic nitrogens is 2. The number of rotatable bonds is 6. The predicted octanol–water partition coefficient (Wildman–Crippen LogP) is 4.46. The Bertz CT molecular complexity index is 1050. The molecule has 6 heteroatoms. The van der Waals surface area contributed by atoms with Crippen molar-refractivity contribution in [3.8, 4) is 22.8 Å². The normalized spacial score (nSPS) is 10.8. The van der Waals surface area contributed by atoms with Crippen LogP contribution >= 0.6 is 11.3 Å². The highest BCUT2D eigenvalue weighted by molar-refractivity contribution is 7.15. The second kappa shape index (κ2) is 7.01. The third-order valence-corrected chi connectivity index (χ3v) is 4.84. The maximum absolute atomic E-state index is 11.5. The van der Waals surface area contributed by atoms with Gasteiger partial charge in [-0.3, -0.25) is 9.20 Å². The fourth-order valence-electron chi connectivity index (χ4n) is 2.80. The molecule has 0 spiro atoms. The Morgan fingerprint density at radius 2 is 2.00 bits per heavy atom. The van der Waals surface area contributed by atoms with E-state index < -0.39 is 0 Å². The maximum Gasteiger partial charge on any atom is 0.194 e. The molecule has 0 aliphatic rings. The lowest BCUT2D eigenvalue weighted by atomic mass is 10.1. The second-order valence-corrected chi connectivity index (χ2v) is 6.53. The molecule has 5 nitrogen and oxygen atoms in total. The van der Waals surface area contributed by atoms with Gasteiger partial charge in [0, 0.05) is 17.1 Å². The molecule has 0 unspecified atom stereocenters. The minimum absolute atomic E-state index is 0.455. The Kier molecular flexibility index (Phi) is 4.41. The molecular formula is C20H16N2O3S. The number of methoxy groups -OCH3 is 1. The van der Waals surface area contributed by atoms with Crippen LogP contribution in [0.4, 0.5) is 0 Å². The number of imidazole rings is 1. The molecule has 0 bridgehead atoms. The van der Waals surface area contributed by atoms with E-state index in [1.54, 1.807) is 11.5 Å². The molecule has 0 saturated heterocycles. The highest BCUT2D eigenvalue weighted by Gasteiger charge is 2.16. The number of carbonyl (C=O) groups is 1. The SMILES string of the molecule is COc1cc(-c2nc3sccn3c2C=O)ccc1OCc1ccccc1. The van der Waals surface area contributed by atoms with Crippen LogP contribution in [0.15, 0.2) is 60.1 Å². The van der Waals surface area contributed by atoms with Crippen LogP contribution in [0.1, 0.15) is 16.1 Å². The predicted molar refractivity (Wildman–Crippen MR) is 101 cm³/mol. The summed E-state index contributed by atoms with van der Waals surface area (Å²) in [5.41, 5.74) is 3.06. The lowest BCUT2D eigenvalue weighted by molar-refractivity contribution is 0.111. The first-order chi connectivity index (χ1) is 12.8. The zero-order valence-corrected chi connectivity index (χ0v) is 14.9. The fraction of sp³-hybridized carbons (Fsp3) is 0.100. The Morgan fingerprint density at radius 1 is 1.15 bits per heavy atom. The van der Waals surface area contributed by atoms with Crippen LogP contribution in [0, 0.1) is 0 Å². The summed E-state index contributed by atoms with van der Waals surface area (Å²) in [5, 5.41) is 1.90. The van der Waals surface area contributed by atoms with Crippen molar-refractivity contribution >= 4 is 22.6 Å². The molecule has 4 aromatic rings. The molecule has 130 valence electrons. The van der Waals surface area contributed by atoms with Crippen molar-refractivity contribution in [2.45, 2.75) is 6.61 Å². The number of nitrogens with zero attached hydrogens (tertiary/aromatic N) is 2. The number of aldehydes is 1. The molecule has 0 saturated carbocycles. The quantitative estimate of drug-likeness (QED) is 0.474. The molecule has 4 rings (SSSR count). The van der Waals surface area contributed by atoms with Gasteiger partial charge >= 0.3 is 0 Å². The molecule has 0 aliphatic carbocycles. The van der Waals surface area contributed by atoms with Crippen molar-refractivity contribution in [3.05, 3.63) is 71.4 Å². The van der Waals surface area contributed by atoms with Crippen molar-refractivity contribution in [3.63, 3.8) is 0 Å². The summed E-state index contributed by atoms with van der Waals surface area (Å²) >= 11 is 1.49. The molecule has 0 N–H and O–H groups in total. The number of benzene rings is 2. The van der Waals surface area contributed by atoms with E-state index in [1.807, 2.05) is 60.1 Å². The summed E-state index contributed by atoms with van der Waals surface area (Å²) in [4.78, 5) is 16.9. The monoisotopic (exact) mass is 364 g/mol. The first-order valence-corrected chi connectivity index (χ1v) is 8.94. The summed E-state index contributed by atoms with van der Waals surface area (Å²) in [5.74, 6) is 1.25. The largest absolute Gasteiger partial charge is 0.493 e. The molecular weight excluding hydrogens is 348 g/mol. The van der Waals surface area contributed by atoms with Crippen molar-refractivity contribution in [1.29, 1.82) is 0 Å². The zero-order valence-electron chi connectivity index (χ0n) is 14.1. The Balaban J connectivity index is 1.66. The van der Waals surface area contributed by atoms with E-state index in [-0.39, 0.29) is 0 Å². The summed E-state index contributed by atoms with van der Waals surface area (Å²) in [6, 6.07) is 15.5. The average molecular weight is 364 g/mol. The fourth-order valence-corrected chi connectivity index (χ4v) is 3.52. The summed E-state index contributed by atoms with van der Waals surface area (Å²) in [6.45, 7) is 0.455. The van der Waals surface area contributed by atoms with E-state index in [1.165, 1.54) is 11.3 Å². The number of hydrogen-bond acceptors (Lipinski definition) is 5. The first kappa shape index (κ1) is 16.4. The molecule has 2 aromatic heterocycles. The summed E-state index contributed by atoms with van der Waals surface area (Å²) < 4.78 is 13.2. The average Bonchev–Trinajstić information content (AvgIpc) is 3.28. The minimum Gasteiger partial charge on any atom is -0.493 e. The smallest absolute Gasteiger partial charge is 0.194 e. The second-order valence-electron chi connectivity index (χ2n) is 5.66. The Labute approximate surface area is 154 Å². The van der Waals surface area contributed by atoms with Crippen molar-refractivity contribution in [2.75, 3.05) is 7.11 Å². The summed E-state index contributed by atoms with van der Waals surface area (Å²) in [6.07, 6.45) is 2.67. The topological polar surface area (TPSA) is 52.8 Å². The highest BCUT2D eigenvalue weighted by atomic mass is 32.1. The lowest BCUT2D eigenvalue weighted by Crippen LogP contribution is -1.98. The molecule has 2 aromatic carbocycles. The first-order valence-electron chi connectivity index (χ1n) is 8.06. The van der Waals surface area contributed by atoms with Gasteiger partial charge in [0.05, 0.1) is 7.11 Å². The van der Waals surface area contributed by atoms with Crippen molar-refractivity contribution in [1.82, 2.24) is 9.38 Å². The zero-order chi connectivity index (χ0) is 17.9. The van der Waals surface area contributed by atoms with Gasteiger partial charge in [0.1, 0.15) is 18.0 Å². The van der Waals surface area contributed by atoms with Gasteiger partial charge in [0.25, 0.3) is 0 Å². The van der Waals surface area contributed by atoms with Crippen molar-refractivity contribution < 1.29 is 14.3 Å². The minimum atomic E-state index is 0.455. The van der Waals surface area contributed by atoms with E-state index in [4.69, 9.17) is 9.47 Å². The number of hydrogen-bond donors (Lipinski definition) is 0. The lowest BCUT2D eigenvalue weighted by Gasteiger charge is -2.12. The van der Waals surface area contributed by atoms with Crippen LogP contribution in [-0.4, -0.2) is 22.8 Å². The number of fused-ring (bicyclic) bond motifs is 1. The third kappa shape index (κ3) is 2.95. The van der Waals surface area contributed by atoms with Gasteiger partial charge < -0.3 is 9.47 Å². The van der Waals surface area contributed by atoms with Gasteiger partial charge in [-0.1, -0.05) is 30.3 Å². The summed E-state index contributed by atoms with van der Waals surface area (Å²) in [7, 11) is 1.60. The van der Waals surface area contributed by atoms with Gasteiger partial charge in [-0.15, -0.1) is 11.3 Å². The number of thiazole rings is 1. The van der Waals surface area contributed by atoms with Crippen molar-refractivity contribution in [2.24, 2.45) is 0 Å². The van der Waals surface area contributed by atoms with Crippen LogP contribution in [0.2, 0.25) is 0 Å². The van der Waals surface area contributed by atoms with E-state index in [0.717, 1.165) is 22.4 Å². The Hall–Kier alpha value is -3.12. The third-order valence-electron chi connectivity index (χ3n) is 4.08. The van der Waals surface area contributed by atoms with Crippen LogP contribution in [0.25, 0.3) is 16.2 Å². The standard InChI is InChI=1S/C20H16N2O3S/c1-24-18-11-15(19-16(12-23)22-9-10-26-20(22)21-19)7-8-17(18)25-13-14-5-3-2-4-6-14/h2-12H,13H2,1H3. The van der Waals surface area contributed by atoms with Crippen LogP contribution in [-0.2, 0) is 6.61 Å². The van der Waals surface area contributed by atoms with E-state index in [2.05, 4.69) is 4.98 Å². The molecule has 2 heterocycles. The van der Waals surface area contributed by atoms with Gasteiger partial charge in [-0.2, -0.15) is 0 Å². The molecule has 0 radical (unpaired) electrons. The molecule has 0 atom stereocenters. The van der Waals surface area contributed by atoms with Crippen LogP contribution in [0.3, 0.4) is 0 Å². The molecule has 26 heavy (non-hydrogen) atoms. The maximum atomic E-state index is 11.5. The van der Waals surface area contributed by atoms with Gasteiger partial charge in [0.15, 0.2) is 22.7 Å². The van der Waals surface area contributed by atoms with Crippen LogP contribution in [0.5, 0.6) is 11.5 Å². The molecule has 0 fully saturated rings. The number of carbonyl (C=O) groups excluding carboxylic acids is 1. The van der Waals surface area contributed by atoms with E-state index in [0.29, 0.717) is 29.5 Å². The highest BCUT2D eigenvalue weighted by Crippen LogP contribution is 2.34. The van der Waals surface area contributed by atoms with Crippen LogP contribution < -0.4 is 9.47 Å². The Morgan fingerprint density at radius 3 is 2.77 bits per heavy atom. The van der Waals surface area contributed by atoms with Gasteiger partial charge in [-0.25, -0.2) is 4.98 Å². The van der Waals surface area contributed by atoms with Gasteiger partial charge in [0.2, 0.25) is 0 Å². The van der Waals surface area contributed by atoms with E-state index >= 15 is 0 Å². The molecule has 0 aliphatic heterocycles. The number of ether oxygens (including phenoxy) is 2. The van der Waals surface area contributed by atoms with E-state index in [9.17, 15) is 4.79 Å². The molecule has 0 amide bonds.